The highest BCUT2D eigenvalue weighted by Crippen LogP contribution is 2.21. The Labute approximate surface area is 113 Å². The fourth-order valence-corrected chi connectivity index (χ4v) is 3.28. The van der Waals surface area contributed by atoms with Crippen LogP contribution in [0.15, 0.2) is 23.0 Å². The van der Waals surface area contributed by atoms with Gasteiger partial charge in [0.1, 0.15) is 6.10 Å². The smallest absolute Gasteiger partial charge is 0.338 e. The molecule has 1 atom stereocenters. The first-order chi connectivity index (χ1) is 9.15. The molecule has 1 aliphatic heterocycles. The van der Waals surface area contributed by atoms with Crippen molar-refractivity contribution in [2.45, 2.75) is 12.5 Å². The SMILES string of the molecule is Cn1c(=O)[nH]c2cc(C(=O)OC3CCSC3)ccc21. The third kappa shape index (κ3) is 2.28. The highest BCUT2D eigenvalue weighted by atomic mass is 32.2. The molecule has 1 aliphatic rings. The van der Waals surface area contributed by atoms with Gasteiger partial charge in [0.25, 0.3) is 0 Å². The number of benzene rings is 1. The zero-order valence-corrected chi connectivity index (χ0v) is 11.3. The lowest BCUT2D eigenvalue weighted by Gasteiger charge is -2.10. The van der Waals surface area contributed by atoms with E-state index in [0.717, 1.165) is 23.4 Å². The average molecular weight is 278 g/mol. The molecule has 0 radical (unpaired) electrons. The van der Waals surface area contributed by atoms with E-state index >= 15 is 0 Å². The van der Waals surface area contributed by atoms with Crippen molar-refractivity contribution in [3.63, 3.8) is 0 Å². The number of aryl methyl sites for hydroxylation is 1. The van der Waals surface area contributed by atoms with E-state index < -0.39 is 0 Å². The standard InChI is InChI=1S/C13H14N2O3S/c1-15-11-3-2-8(6-10(11)14-13(15)17)12(16)18-9-4-5-19-7-9/h2-3,6,9H,4-5,7H2,1H3,(H,14,17). The number of hydrogen-bond donors (Lipinski definition) is 1. The second-order valence-electron chi connectivity index (χ2n) is 4.61. The Morgan fingerprint density at radius 3 is 3.11 bits per heavy atom. The monoisotopic (exact) mass is 278 g/mol. The lowest BCUT2D eigenvalue weighted by molar-refractivity contribution is 0.0357. The van der Waals surface area contributed by atoms with E-state index in [1.54, 1.807) is 37.0 Å². The third-order valence-electron chi connectivity index (χ3n) is 3.30. The minimum atomic E-state index is -0.320. The lowest BCUT2D eigenvalue weighted by atomic mass is 10.2. The van der Waals surface area contributed by atoms with E-state index in [9.17, 15) is 9.59 Å². The first kappa shape index (κ1) is 12.3. The molecule has 0 saturated carbocycles. The molecule has 19 heavy (non-hydrogen) atoms. The number of H-pyrrole nitrogens is 1. The van der Waals surface area contributed by atoms with Crippen molar-refractivity contribution >= 4 is 28.8 Å². The molecule has 0 spiro atoms. The van der Waals surface area contributed by atoms with Crippen LogP contribution in [0.2, 0.25) is 0 Å². The summed E-state index contributed by atoms with van der Waals surface area (Å²) in [5.74, 6) is 1.60. The van der Waals surface area contributed by atoms with Crippen molar-refractivity contribution in [1.82, 2.24) is 9.55 Å². The van der Waals surface area contributed by atoms with Gasteiger partial charge in [-0.3, -0.25) is 4.57 Å². The van der Waals surface area contributed by atoms with E-state index in [1.165, 1.54) is 4.57 Å². The number of nitrogens with one attached hydrogen (secondary N) is 1. The van der Waals surface area contributed by atoms with Crippen LogP contribution < -0.4 is 5.69 Å². The number of aromatic amines is 1. The van der Waals surface area contributed by atoms with Gasteiger partial charge in [-0.1, -0.05) is 0 Å². The van der Waals surface area contributed by atoms with Crippen LogP contribution in [-0.2, 0) is 11.8 Å². The Bertz CT molecular complexity index is 683. The minimum absolute atomic E-state index is 0.0167. The van der Waals surface area contributed by atoms with Crippen LogP contribution in [0, 0.1) is 0 Å². The number of rotatable bonds is 2. The second kappa shape index (κ2) is 4.77. The number of hydrogen-bond acceptors (Lipinski definition) is 4. The zero-order valence-electron chi connectivity index (χ0n) is 10.5. The Hall–Kier alpha value is -1.69. The van der Waals surface area contributed by atoms with Crippen LogP contribution in [0.4, 0.5) is 0 Å². The van der Waals surface area contributed by atoms with Gasteiger partial charge >= 0.3 is 11.7 Å². The van der Waals surface area contributed by atoms with Gasteiger partial charge in [0.15, 0.2) is 0 Å². The Kier molecular flexibility index (Phi) is 3.10. The normalized spacial score (nSPS) is 18.9. The molecule has 100 valence electrons. The average Bonchev–Trinajstić information content (AvgIpc) is 2.99. The number of esters is 1. The summed E-state index contributed by atoms with van der Waals surface area (Å²) in [7, 11) is 1.69. The van der Waals surface area contributed by atoms with Crippen LogP contribution in [0.25, 0.3) is 11.0 Å². The van der Waals surface area contributed by atoms with Crippen LogP contribution in [-0.4, -0.2) is 33.1 Å². The van der Waals surface area contributed by atoms with E-state index in [0.29, 0.717) is 11.1 Å². The molecule has 2 heterocycles. The van der Waals surface area contributed by atoms with Crippen molar-refractivity contribution in [3.8, 4) is 0 Å². The molecule has 1 aromatic carbocycles. The van der Waals surface area contributed by atoms with Crippen molar-refractivity contribution in [3.05, 3.63) is 34.2 Å². The number of nitrogens with zero attached hydrogens (tertiary/aromatic N) is 1. The van der Waals surface area contributed by atoms with Crippen LogP contribution >= 0.6 is 11.8 Å². The van der Waals surface area contributed by atoms with E-state index in [4.69, 9.17) is 4.74 Å². The number of ether oxygens (including phenoxy) is 1. The second-order valence-corrected chi connectivity index (χ2v) is 5.76. The van der Waals surface area contributed by atoms with E-state index in [-0.39, 0.29) is 17.8 Å². The Morgan fingerprint density at radius 2 is 2.37 bits per heavy atom. The molecule has 1 fully saturated rings. The van der Waals surface area contributed by atoms with Gasteiger partial charge in [-0.2, -0.15) is 11.8 Å². The molecule has 5 nitrogen and oxygen atoms in total. The largest absolute Gasteiger partial charge is 0.458 e. The molecule has 0 bridgehead atoms. The van der Waals surface area contributed by atoms with Gasteiger partial charge in [0, 0.05) is 12.8 Å². The highest BCUT2D eigenvalue weighted by Gasteiger charge is 2.21. The molecule has 2 aromatic rings. The molecule has 1 saturated heterocycles. The maximum absolute atomic E-state index is 12.0. The number of imidazole rings is 1. The molecule has 3 rings (SSSR count). The van der Waals surface area contributed by atoms with Crippen molar-refractivity contribution in [1.29, 1.82) is 0 Å². The Morgan fingerprint density at radius 1 is 1.53 bits per heavy atom. The molecule has 1 N–H and O–H groups in total. The molecule has 1 unspecified atom stereocenters. The first-order valence-electron chi connectivity index (χ1n) is 6.12. The lowest BCUT2D eigenvalue weighted by Crippen LogP contribution is -2.17. The maximum atomic E-state index is 12.0. The summed E-state index contributed by atoms with van der Waals surface area (Å²) in [4.78, 5) is 26.2. The topological polar surface area (TPSA) is 64.1 Å². The Balaban J connectivity index is 1.88. The molecule has 0 aliphatic carbocycles. The molecular formula is C13H14N2O3S. The molecule has 6 heteroatoms. The summed E-state index contributed by atoms with van der Waals surface area (Å²) in [5, 5.41) is 0. The quantitative estimate of drug-likeness (QED) is 0.846. The molecule has 1 aromatic heterocycles. The summed E-state index contributed by atoms with van der Waals surface area (Å²) in [6.45, 7) is 0. The van der Waals surface area contributed by atoms with Crippen LogP contribution in [0.3, 0.4) is 0 Å². The number of aromatic nitrogens is 2. The van der Waals surface area contributed by atoms with Crippen molar-refractivity contribution in [2.75, 3.05) is 11.5 Å². The van der Waals surface area contributed by atoms with E-state index in [2.05, 4.69) is 4.98 Å². The summed E-state index contributed by atoms with van der Waals surface area (Å²) >= 11 is 1.80. The van der Waals surface area contributed by atoms with Gasteiger partial charge in [-0.15, -0.1) is 0 Å². The number of fused-ring (bicyclic) bond motifs is 1. The third-order valence-corrected chi connectivity index (χ3v) is 4.43. The number of carbonyl (C=O) groups is 1. The van der Waals surface area contributed by atoms with Crippen LogP contribution in [0.1, 0.15) is 16.8 Å². The van der Waals surface area contributed by atoms with Gasteiger partial charge in [0.2, 0.25) is 0 Å². The molecular weight excluding hydrogens is 264 g/mol. The van der Waals surface area contributed by atoms with Gasteiger partial charge in [-0.05, 0) is 30.4 Å². The predicted octanol–water partition coefficient (Wildman–Crippen LogP) is 1.53. The zero-order chi connectivity index (χ0) is 13.4. The highest BCUT2D eigenvalue weighted by molar-refractivity contribution is 7.99. The van der Waals surface area contributed by atoms with Crippen molar-refractivity contribution in [2.24, 2.45) is 7.05 Å². The predicted molar refractivity (Wildman–Crippen MR) is 74.7 cm³/mol. The maximum Gasteiger partial charge on any atom is 0.338 e. The van der Waals surface area contributed by atoms with Gasteiger partial charge in [0.05, 0.1) is 16.6 Å². The first-order valence-corrected chi connectivity index (χ1v) is 7.28. The summed E-state index contributed by atoms with van der Waals surface area (Å²) in [5.41, 5.74) is 1.72. The van der Waals surface area contributed by atoms with Crippen LogP contribution in [0.5, 0.6) is 0 Å². The van der Waals surface area contributed by atoms with E-state index in [1.807, 2.05) is 0 Å². The summed E-state index contributed by atoms with van der Waals surface area (Å²) < 4.78 is 6.94. The fourth-order valence-electron chi connectivity index (χ4n) is 2.19. The fraction of sp³-hybridized carbons (Fsp3) is 0.385. The minimum Gasteiger partial charge on any atom is -0.458 e. The summed E-state index contributed by atoms with van der Waals surface area (Å²) in [6.07, 6.45) is 0.934. The van der Waals surface area contributed by atoms with Gasteiger partial charge in [-0.25, -0.2) is 9.59 Å². The van der Waals surface area contributed by atoms with Gasteiger partial charge < -0.3 is 9.72 Å². The molecule has 0 amide bonds. The number of carbonyl (C=O) groups excluding carboxylic acids is 1. The summed E-state index contributed by atoms with van der Waals surface area (Å²) in [6, 6.07) is 5.12. The number of thioether (sulfide) groups is 1. The van der Waals surface area contributed by atoms with Crippen molar-refractivity contribution < 1.29 is 9.53 Å².